The maximum absolute atomic E-state index is 12.5. The Kier molecular flexibility index (Phi) is 4.21. The third-order valence-corrected chi connectivity index (χ3v) is 1.90. The van der Waals surface area contributed by atoms with Gasteiger partial charge in [-0.15, -0.1) is 0 Å². The van der Waals surface area contributed by atoms with Gasteiger partial charge in [0.05, 0.1) is 6.67 Å². The minimum atomic E-state index is -0.569. The molecule has 2 nitrogen and oxygen atoms in total. The van der Waals surface area contributed by atoms with Crippen LogP contribution in [0, 0.1) is 5.41 Å². The molecule has 0 aliphatic carbocycles. The van der Waals surface area contributed by atoms with Crippen molar-refractivity contribution in [2.75, 3.05) is 6.67 Å². The van der Waals surface area contributed by atoms with Crippen LogP contribution in [0.15, 0.2) is 0 Å². The second-order valence-corrected chi connectivity index (χ2v) is 3.63. The summed E-state index contributed by atoms with van der Waals surface area (Å²) < 4.78 is 17.4. The lowest BCUT2D eigenvalue weighted by Crippen LogP contribution is -2.34. The molecular weight excluding hydrogens is 159 g/mol. The van der Waals surface area contributed by atoms with Crippen LogP contribution in [0.3, 0.4) is 0 Å². The molecule has 0 N–H and O–H groups in total. The average Bonchev–Trinajstić information content (AvgIpc) is 1.99. The van der Waals surface area contributed by atoms with Gasteiger partial charge in [-0.25, -0.2) is 0 Å². The van der Waals surface area contributed by atoms with Crippen LogP contribution in [-0.4, -0.2) is 18.7 Å². The second-order valence-electron chi connectivity index (χ2n) is 3.63. The molecule has 0 radical (unpaired) electrons. The lowest BCUT2D eigenvalue weighted by Gasteiger charge is -2.30. The van der Waals surface area contributed by atoms with E-state index in [1.807, 2.05) is 6.92 Å². The van der Waals surface area contributed by atoms with E-state index >= 15 is 0 Å². The number of hydrogen-bond acceptors (Lipinski definition) is 2. The van der Waals surface area contributed by atoms with Gasteiger partial charge >= 0.3 is 5.97 Å². The Balaban J connectivity index is 4.23. The first-order valence-electron chi connectivity index (χ1n) is 4.17. The van der Waals surface area contributed by atoms with Gasteiger partial charge in [-0.3, -0.25) is 9.18 Å². The van der Waals surface area contributed by atoms with Gasteiger partial charge < -0.3 is 4.74 Å². The van der Waals surface area contributed by atoms with E-state index in [9.17, 15) is 9.18 Å². The molecule has 0 rings (SSSR count). The number of hydrogen-bond donors (Lipinski definition) is 0. The van der Waals surface area contributed by atoms with Gasteiger partial charge in [0.15, 0.2) is 0 Å². The standard InChI is InChI=1S/C9H17FO2/c1-5-8(12-7(2)11)9(3,4)6-10/h8H,5-6H2,1-4H3. The predicted molar refractivity (Wildman–Crippen MR) is 45.6 cm³/mol. The Labute approximate surface area is 73.1 Å². The van der Waals surface area contributed by atoms with Gasteiger partial charge in [0.2, 0.25) is 0 Å². The highest BCUT2D eigenvalue weighted by atomic mass is 19.1. The summed E-state index contributed by atoms with van der Waals surface area (Å²) in [4.78, 5) is 10.6. The van der Waals surface area contributed by atoms with E-state index < -0.39 is 12.1 Å². The molecule has 72 valence electrons. The molecule has 0 heterocycles. The molecule has 0 aromatic rings. The number of esters is 1. The first-order valence-corrected chi connectivity index (χ1v) is 4.17. The highest BCUT2D eigenvalue weighted by Crippen LogP contribution is 2.26. The van der Waals surface area contributed by atoms with Crippen LogP contribution in [0.4, 0.5) is 4.39 Å². The van der Waals surface area contributed by atoms with E-state index in [0.717, 1.165) is 0 Å². The van der Waals surface area contributed by atoms with Crippen molar-refractivity contribution < 1.29 is 13.9 Å². The Hall–Kier alpha value is -0.600. The molecule has 0 saturated heterocycles. The summed E-state index contributed by atoms with van der Waals surface area (Å²) in [6.07, 6.45) is 0.330. The molecule has 1 unspecified atom stereocenters. The normalized spacial score (nSPS) is 14.1. The predicted octanol–water partition coefficient (Wildman–Crippen LogP) is 2.32. The Bertz CT molecular complexity index is 155. The molecule has 1 atom stereocenters. The molecule has 0 aliphatic heterocycles. The first kappa shape index (κ1) is 11.4. The quantitative estimate of drug-likeness (QED) is 0.614. The molecule has 0 saturated carbocycles. The van der Waals surface area contributed by atoms with Crippen LogP contribution in [0.2, 0.25) is 0 Å². The highest BCUT2D eigenvalue weighted by Gasteiger charge is 2.30. The number of alkyl halides is 1. The van der Waals surface area contributed by atoms with E-state index in [-0.39, 0.29) is 12.1 Å². The zero-order valence-corrected chi connectivity index (χ0v) is 8.19. The van der Waals surface area contributed by atoms with Gasteiger partial charge in [0.1, 0.15) is 6.10 Å². The van der Waals surface area contributed by atoms with Crippen molar-refractivity contribution in [1.82, 2.24) is 0 Å². The zero-order valence-electron chi connectivity index (χ0n) is 8.19. The Morgan fingerprint density at radius 3 is 2.33 bits per heavy atom. The van der Waals surface area contributed by atoms with Crippen molar-refractivity contribution in [2.24, 2.45) is 5.41 Å². The molecule has 0 aromatic carbocycles. The fourth-order valence-electron chi connectivity index (χ4n) is 1.08. The van der Waals surface area contributed by atoms with E-state index in [1.165, 1.54) is 6.92 Å². The minimum Gasteiger partial charge on any atom is -0.462 e. The summed E-state index contributed by atoms with van der Waals surface area (Å²) in [5.74, 6) is -0.344. The minimum absolute atomic E-state index is 0.319. The average molecular weight is 176 g/mol. The van der Waals surface area contributed by atoms with E-state index in [2.05, 4.69) is 0 Å². The lowest BCUT2D eigenvalue weighted by atomic mass is 9.86. The Morgan fingerprint density at radius 2 is 2.08 bits per heavy atom. The molecular formula is C9H17FO2. The number of carbonyl (C=O) groups is 1. The van der Waals surface area contributed by atoms with Gasteiger partial charge in [-0.05, 0) is 6.42 Å². The largest absolute Gasteiger partial charge is 0.462 e. The summed E-state index contributed by atoms with van der Waals surface area (Å²) in [7, 11) is 0. The third-order valence-electron chi connectivity index (χ3n) is 1.90. The number of ether oxygens (including phenoxy) is 1. The zero-order chi connectivity index (χ0) is 9.78. The second kappa shape index (κ2) is 4.43. The molecule has 12 heavy (non-hydrogen) atoms. The van der Waals surface area contributed by atoms with Crippen molar-refractivity contribution in [3.63, 3.8) is 0 Å². The summed E-state index contributed by atoms with van der Waals surface area (Å²) in [5.41, 5.74) is -0.569. The molecule has 3 heteroatoms. The van der Waals surface area contributed by atoms with Crippen molar-refractivity contribution in [2.45, 2.75) is 40.2 Å². The lowest BCUT2D eigenvalue weighted by molar-refractivity contribution is -0.153. The smallest absolute Gasteiger partial charge is 0.302 e. The summed E-state index contributed by atoms with van der Waals surface area (Å²) in [6, 6.07) is 0. The van der Waals surface area contributed by atoms with Gasteiger partial charge in [0.25, 0.3) is 0 Å². The van der Waals surface area contributed by atoms with Crippen LogP contribution in [0.5, 0.6) is 0 Å². The third kappa shape index (κ3) is 3.20. The van der Waals surface area contributed by atoms with Gasteiger partial charge in [-0.2, -0.15) is 0 Å². The molecule has 0 amide bonds. The number of rotatable bonds is 4. The fraction of sp³-hybridized carbons (Fsp3) is 0.889. The van der Waals surface area contributed by atoms with Crippen LogP contribution in [-0.2, 0) is 9.53 Å². The summed E-state index contributed by atoms with van der Waals surface area (Å²) in [5, 5.41) is 0. The Morgan fingerprint density at radius 1 is 1.58 bits per heavy atom. The van der Waals surface area contributed by atoms with Crippen molar-refractivity contribution in [3.05, 3.63) is 0 Å². The molecule has 0 fully saturated rings. The maximum Gasteiger partial charge on any atom is 0.302 e. The van der Waals surface area contributed by atoms with Crippen molar-refractivity contribution in [1.29, 1.82) is 0 Å². The van der Waals surface area contributed by atoms with Crippen LogP contribution in [0.25, 0.3) is 0 Å². The SMILES string of the molecule is CCC(OC(C)=O)C(C)(C)CF. The van der Waals surface area contributed by atoms with Gasteiger partial charge in [0, 0.05) is 12.3 Å². The summed E-state index contributed by atoms with van der Waals surface area (Å²) in [6.45, 7) is 6.26. The number of carbonyl (C=O) groups excluding carboxylic acids is 1. The maximum atomic E-state index is 12.5. The molecule has 0 aliphatic rings. The van der Waals surface area contributed by atoms with E-state index in [4.69, 9.17) is 4.74 Å². The van der Waals surface area contributed by atoms with E-state index in [1.54, 1.807) is 13.8 Å². The van der Waals surface area contributed by atoms with Crippen LogP contribution in [0.1, 0.15) is 34.1 Å². The monoisotopic (exact) mass is 176 g/mol. The topological polar surface area (TPSA) is 26.3 Å². The van der Waals surface area contributed by atoms with Crippen molar-refractivity contribution >= 4 is 5.97 Å². The van der Waals surface area contributed by atoms with Crippen LogP contribution >= 0.6 is 0 Å². The highest BCUT2D eigenvalue weighted by molar-refractivity contribution is 5.66. The fourth-order valence-corrected chi connectivity index (χ4v) is 1.08. The van der Waals surface area contributed by atoms with Gasteiger partial charge in [-0.1, -0.05) is 20.8 Å². The summed E-state index contributed by atoms with van der Waals surface area (Å²) >= 11 is 0. The molecule has 0 aromatic heterocycles. The van der Waals surface area contributed by atoms with E-state index in [0.29, 0.717) is 6.42 Å². The molecule has 0 spiro atoms. The number of halogens is 1. The first-order chi connectivity index (χ1) is 5.44. The molecule has 0 bridgehead atoms. The van der Waals surface area contributed by atoms with Crippen molar-refractivity contribution in [3.8, 4) is 0 Å². The van der Waals surface area contributed by atoms with Crippen LogP contribution < -0.4 is 0 Å².